The number of allylic oxidation sites excluding steroid dienone is 1. The third kappa shape index (κ3) is 5.06. The normalized spacial score (nSPS) is 27.3. The first kappa shape index (κ1) is 26.3. The van der Waals surface area contributed by atoms with Crippen molar-refractivity contribution in [2.45, 2.75) is 89.8 Å². The highest BCUT2D eigenvalue weighted by atomic mass is 28.4. The fourth-order valence-electron chi connectivity index (χ4n) is 7.31. The molecule has 0 aliphatic heterocycles. The fourth-order valence-corrected chi connectivity index (χ4v) is 8.35. The summed E-state index contributed by atoms with van der Waals surface area (Å²) in [6, 6.07) is 14.7. The number of esters is 1. The van der Waals surface area contributed by atoms with E-state index in [0.29, 0.717) is 5.56 Å². The van der Waals surface area contributed by atoms with Crippen LogP contribution in [0, 0.1) is 17.8 Å². The Balaban J connectivity index is 1.53. The van der Waals surface area contributed by atoms with Gasteiger partial charge in [0.05, 0.1) is 12.7 Å². The van der Waals surface area contributed by atoms with Crippen LogP contribution in [0.1, 0.15) is 93.3 Å². The van der Waals surface area contributed by atoms with Gasteiger partial charge in [-0.3, -0.25) is 0 Å². The molecule has 0 unspecified atom stereocenters. The second-order valence-electron chi connectivity index (χ2n) is 13.7. The molecule has 6 rings (SSSR count). The van der Waals surface area contributed by atoms with E-state index in [4.69, 9.17) is 9.16 Å². The quantitative estimate of drug-likeness (QED) is 0.218. The molecule has 3 nitrogen and oxygen atoms in total. The van der Waals surface area contributed by atoms with Crippen LogP contribution in [0.3, 0.4) is 0 Å². The lowest BCUT2D eigenvalue weighted by Gasteiger charge is -2.57. The van der Waals surface area contributed by atoms with E-state index >= 15 is 0 Å². The fraction of sp³-hybridized carbons (Fsp3) is 0.545. The van der Waals surface area contributed by atoms with Crippen LogP contribution < -0.4 is 4.43 Å². The van der Waals surface area contributed by atoms with Gasteiger partial charge >= 0.3 is 5.97 Å². The van der Waals surface area contributed by atoms with Crippen LogP contribution in [-0.4, -0.2) is 21.4 Å². The van der Waals surface area contributed by atoms with Gasteiger partial charge in [0.2, 0.25) is 8.32 Å². The lowest BCUT2D eigenvalue weighted by molar-refractivity contribution is -0.00587. The van der Waals surface area contributed by atoms with Crippen LogP contribution in [-0.2, 0) is 10.2 Å². The summed E-state index contributed by atoms with van der Waals surface area (Å²) in [5.74, 6) is 3.51. The molecule has 4 aliphatic rings. The summed E-state index contributed by atoms with van der Waals surface area (Å²) in [5, 5.41) is 0.163. The van der Waals surface area contributed by atoms with Gasteiger partial charge in [0.15, 0.2) is 0 Å². The second kappa shape index (κ2) is 9.45. The molecule has 0 amide bonds. The highest BCUT2D eigenvalue weighted by molar-refractivity contribution is 6.74. The van der Waals surface area contributed by atoms with Crippen LogP contribution in [0.5, 0.6) is 5.75 Å². The molecule has 4 saturated carbocycles. The maximum atomic E-state index is 11.8. The van der Waals surface area contributed by atoms with Gasteiger partial charge < -0.3 is 9.16 Å². The predicted octanol–water partition coefficient (Wildman–Crippen LogP) is 8.89. The van der Waals surface area contributed by atoms with E-state index in [-0.39, 0.29) is 16.4 Å². The zero-order chi connectivity index (χ0) is 26.6. The Hall–Kier alpha value is -2.33. The molecule has 198 valence electrons. The van der Waals surface area contributed by atoms with Crippen molar-refractivity contribution in [1.82, 2.24) is 0 Å². The number of ether oxygens (including phenoxy) is 1. The number of carbonyl (C=O) groups excluding carboxylic acids is 1. The number of carbonyl (C=O) groups is 1. The minimum atomic E-state index is -1.97. The average molecular weight is 517 g/mol. The molecule has 0 saturated heterocycles. The van der Waals surface area contributed by atoms with E-state index in [0.717, 1.165) is 29.1 Å². The Morgan fingerprint density at radius 3 is 1.97 bits per heavy atom. The molecule has 0 aromatic heterocycles. The summed E-state index contributed by atoms with van der Waals surface area (Å²) < 4.78 is 11.9. The molecular formula is C33H44O3Si. The van der Waals surface area contributed by atoms with Gasteiger partial charge in [0.25, 0.3) is 0 Å². The first-order valence-corrected chi connectivity index (χ1v) is 17.0. The zero-order valence-electron chi connectivity index (χ0n) is 23.8. The molecule has 0 radical (unpaired) electrons. The van der Waals surface area contributed by atoms with Gasteiger partial charge in [-0.2, -0.15) is 0 Å². The molecule has 4 bridgehead atoms. The van der Waals surface area contributed by atoms with Crippen molar-refractivity contribution in [3.05, 3.63) is 64.7 Å². The Morgan fingerprint density at radius 1 is 0.919 bits per heavy atom. The Labute approximate surface area is 224 Å². The smallest absolute Gasteiger partial charge is 0.337 e. The van der Waals surface area contributed by atoms with Crippen LogP contribution in [0.15, 0.2) is 42.5 Å². The van der Waals surface area contributed by atoms with E-state index in [1.807, 2.05) is 24.3 Å². The summed E-state index contributed by atoms with van der Waals surface area (Å²) >= 11 is 0. The lowest BCUT2D eigenvalue weighted by Crippen LogP contribution is -2.49. The minimum absolute atomic E-state index is 0.163. The standard InChI is InChI=1S/C33H44O3Si/c1-22(14-23-8-10-27(11-9-23)31(34)35-5)28-12-13-30(36-37(6,7)32(2,3)4)29(18-28)33-19-24-15-25(20-33)17-26(16-24)21-33/h8-14,18,24-26H,15-17,19-21H2,1-7H3/b22-14+. The van der Waals surface area contributed by atoms with E-state index in [1.54, 1.807) is 0 Å². The van der Waals surface area contributed by atoms with Crippen molar-refractivity contribution in [3.63, 3.8) is 0 Å². The Morgan fingerprint density at radius 2 is 1.46 bits per heavy atom. The SMILES string of the molecule is COC(=O)c1ccc(/C=C(\C)c2ccc(O[Si](C)(C)C(C)(C)C)c(C34CC5CC(CC(C5)C3)C4)c2)cc1. The number of methoxy groups -OCH3 is 1. The summed E-state index contributed by atoms with van der Waals surface area (Å²) in [4.78, 5) is 11.8. The van der Waals surface area contributed by atoms with E-state index in [9.17, 15) is 4.79 Å². The number of rotatable bonds is 6. The zero-order valence-corrected chi connectivity index (χ0v) is 24.8. The molecule has 0 spiro atoms. The maximum absolute atomic E-state index is 11.8. The highest BCUT2D eigenvalue weighted by Crippen LogP contribution is 2.62. The summed E-state index contributed by atoms with van der Waals surface area (Å²) in [7, 11) is -0.550. The lowest BCUT2D eigenvalue weighted by atomic mass is 9.48. The van der Waals surface area contributed by atoms with Crippen LogP contribution in [0.2, 0.25) is 18.1 Å². The largest absolute Gasteiger partial charge is 0.543 e. The molecule has 0 N–H and O–H groups in total. The average Bonchev–Trinajstić information content (AvgIpc) is 2.82. The highest BCUT2D eigenvalue weighted by Gasteiger charge is 2.53. The summed E-state index contributed by atoms with van der Waals surface area (Å²) in [6.45, 7) is 13.9. The van der Waals surface area contributed by atoms with Gasteiger partial charge in [0.1, 0.15) is 5.75 Å². The molecule has 0 heterocycles. The summed E-state index contributed by atoms with van der Waals surface area (Å²) in [5.41, 5.74) is 5.91. The molecule has 4 aliphatic carbocycles. The van der Waals surface area contributed by atoms with Gasteiger partial charge in [-0.25, -0.2) is 4.79 Å². The van der Waals surface area contributed by atoms with E-state index in [2.05, 4.69) is 65.1 Å². The van der Waals surface area contributed by atoms with Crippen molar-refractivity contribution in [2.24, 2.45) is 17.8 Å². The second-order valence-corrected chi connectivity index (χ2v) is 18.4. The topological polar surface area (TPSA) is 35.5 Å². The van der Waals surface area contributed by atoms with Crippen LogP contribution in [0.25, 0.3) is 11.6 Å². The van der Waals surface area contributed by atoms with Crippen molar-refractivity contribution in [3.8, 4) is 5.75 Å². The monoisotopic (exact) mass is 516 g/mol. The number of hydrogen-bond donors (Lipinski definition) is 0. The first-order valence-electron chi connectivity index (χ1n) is 14.1. The molecular weight excluding hydrogens is 472 g/mol. The Kier molecular flexibility index (Phi) is 6.71. The molecule has 37 heavy (non-hydrogen) atoms. The van der Waals surface area contributed by atoms with Crippen molar-refractivity contribution in [1.29, 1.82) is 0 Å². The predicted molar refractivity (Wildman–Crippen MR) is 155 cm³/mol. The van der Waals surface area contributed by atoms with Gasteiger partial charge in [-0.05, 0) is 133 Å². The number of hydrogen-bond acceptors (Lipinski definition) is 3. The maximum Gasteiger partial charge on any atom is 0.337 e. The van der Waals surface area contributed by atoms with Gasteiger partial charge in [-0.15, -0.1) is 0 Å². The van der Waals surface area contributed by atoms with E-state index in [1.165, 1.54) is 62.3 Å². The number of benzene rings is 2. The first-order chi connectivity index (χ1) is 17.4. The third-order valence-corrected chi connectivity index (χ3v) is 14.3. The molecule has 0 atom stereocenters. The molecule has 4 fully saturated rings. The third-order valence-electron chi connectivity index (χ3n) is 9.93. The van der Waals surface area contributed by atoms with Crippen LogP contribution >= 0.6 is 0 Å². The molecule has 2 aromatic carbocycles. The van der Waals surface area contributed by atoms with Gasteiger partial charge in [-0.1, -0.05) is 45.0 Å². The van der Waals surface area contributed by atoms with Crippen molar-refractivity contribution in [2.75, 3.05) is 7.11 Å². The molecule has 4 heteroatoms. The van der Waals surface area contributed by atoms with E-state index < -0.39 is 8.32 Å². The van der Waals surface area contributed by atoms with Crippen molar-refractivity contribution < 1.29 is 14.0 Å². The minimum Gasteiger partial charge on any atom is -0.543 e. The molecule has 2 aromatic rings. The Bertz CT molecular complexity index is 1160. The summed E-state index contributed by atoms with van der Waals surface area (Å²) in [6.07, 6.45) is 10.5. The van der Waals surface area contributed by atoms with Crippen molar-refractivity contribution >= 4 is 25.9 Å². The van der Waals surface area contributed by atoms with Gasteiger partial charge in [0, 0.05) is 0 Å². The van der Waals surface area contributed by atoms with Crippen LogP contribution in [0.4, 0.5) is 0 Å².